The first kappa shape index (κ1) is 25.4. The summed E-state index contributed by atoms with van der Waals surface area (Å²) in [6.07, 6.45) is 8.72. The van der Waals surface area contributed by atoms with Gasteiger partial charge in [-0.25, -0.2) is 0 Å². The fourth-order valence-corrected chi connectivity index (χ4v) is 6.13. The maximum Gasteiger partial charge on any atom is 0.288 e. The van der Waals surface area contributed by atoms with Crippen molar-refractivity contribution in [2.45, 2.75) is 70.1 Å². The summed E-state index contributed by atoms with van der Waals surface area (Å²) in [6.45, 7) is 6.62. The van der Waals surface area contributed by atoms with E-state index in [-0.39, 0.29) is 31.1 Å². The molecule has 0 bridgehead atoms. The van der Waals surface area contributed by atoms with Crippen LogP contribution in [0.3, 0.4) is 0 Å². The van der Waals surface area contributed by atoms with Crippen LogP contribution in [0, 0.1) is 5.92 Å². The van der Waals surface area contributed by atoms with E-state index in [1.165, 1.54) is 32.4 Å². The maximum absolute atomic E-state index is 13.6. The SMILES string of the molecule is CCO[C@@H]1OC(C(=O)N2CCC(N3CCCCC3)CC2)=C[C@H](c2ccc3c(c2)OCO3)[C@H]1CCCO. The summed E-state index contributed by atoms with van der Waals surface area (Å²) in [6, 6.07) is 6.53. The molecular weight excluding hydrogens is 460 g/mol. The number of aliphatic hydroxyl groups excluding tert-OH is 1. The van der Waals surface area contributed by atoms with Gasteiger partial charge in [0.2, 0.25) is 13.1 Å². The van der Waals surface area contributed by atoms with Gasteiger partial charge in [0.15, 0.2) is 17.3 Å². The van der Waals surface area contributed by atoms with Crippen LogP contribution in [0.15, 0.2) is 30.0 Å². The average molecular weight is 501 g/mol. The number of amides is 1. The molecule has 1 aromatic rings. The number of carbonyl (C=O) groups is 1. The van der Waals surface area contributed by atoms with Gasteiger partial charge < -0.3 is 33.9 Å². The summed E-state index contributed by atoms with van der Waals surface area (Å²) < 4.78 is 23.4. The molecular formula is C28H40N2O6. The third-order valence-electron chi connectivity index (χ3n) is 8.06. The Morgan fingerprint density at radius 3 is 2.61 bits per heavy atom. The van der Waals surface area contributed by atoms with E-state index in [4.69, 9.17) is 18.9 Å². The number of hydrogen-bond donors (Lipinski definition) is 1. The van der Waals surface area contributed by atoms with Crippen molar-refractivity contribution in [2.24, 2.45) is 5.92 Å². The molecule has 36 heavy (non-hydrogen) atoms. The van der Waals surface area contributed by atoms with Crippen LogP contribution in [-0.2, 0) is 14.3 Å². The molecule has 0 saturated carbocycles. The fraction of sp³-hybridized carbons (Fsp3) is 0.679. The molecule has 5 rings (SSSR count). The number of benzene rings is 1. The van der Waals surface area contributed by atoms with Crippen molar-refractivity contribution in [3.63, 3.8) is 0 Å². The van der Waals surface area contributed by atoms with Crippen LogP contribution in [0.25, 0.3) is 0 Å². The molecule has 3 atom stereocenters. The molecule has 2 fully saturated rings. The van der Waals surface area contributed by atoms with Gasteiger partial charge in [-0.05, 0) is 82.3 Å². The van der Waals surface area contributed by atoms with Crippen molar-refractivity contribution in [1.82, 2.24) is 9.80 Å². The lowest BCUT2D eigenvalue weighted by Crippen LogP contribution is -2.49. The van der Waals surface area contributed by atoms with Crippen molar-refractivity contribution in [1.29, 1.82) is 0 Å². The van der Waals surface area contributed by atoms with Gasteiger partial charge in [0.05, 0.1) is 0 Å². The molecule has 0 spiro atoms. The molecule has 1 aromatic carbocycles. The van der Waals surface area contributed by atoms with E-state index < -0.39 is 6.29 Å². The number of rotatable bonds is 8. The lowest BCUT2D eigenvalue weighted by atomic mass is 9.80. The quantitative estimate of drug-likeness (QED) is 0.584. The van der Waals surface area contributed by atoms with E-state index in [1.54, 1.807) is 0 Å². The lowest BCUT2D eigenvalue weighted by molar-refractivity contribution is -0.171. The van der Waals surface area contributed by atoms with E-state index >= 15 is 0 Å². The smallest absolute Gasteiger partial charge is 0.288 e. The standard InChI is InChI=1S/C28H40N2O6/c1-2-33-28-22(7-6-16-31)23(20-8-9-24-25(17-20)35-19-34-24)18-26(36-28)27(32)30-14-10-21(11-15-30)29-12-4-3-5-13-29/h8-9,17-18,21-23,28,31H,2-7,10-16,19H2,1H3/t22-,23-,28-/m1/s1. The first-order chi connectivity index (χ1) is 17.7. The number of nitrogens with zero attached hydrogens (tertiary/aromatic N) is 2. The first-order valence-corrected chi connectivity index (χ1v) is 13.7. The Kier molecular flexibility index (Phi) is 8.34. The van der Waals surface area contributed by atoms with Gasteiger partial charge >= 0.3 is 0 Å². The van der Waals surface area contributed by atoms with Crippen molar-refractivity contribution in [3.05, 3.63) is 35.6 Å². The Balaban J connectivity index is 1.35. The minimum Gasteiger partial charge on any atom is -0.459 e. The molecule has 4 aliphatic rings. The van der Waals surface area contributed by atoms with Gasteiger partial charge in [0.25, 0.3) is 5.91 Å². The molecule has 4 heterocycles. The summed E-state index contributed by atoms with van der Waals surface area (Å²) in [5, 5.41) is 9.52. The number of fused-ring (bicyclic) bond motifs is 1. The summed E-state index contributed by atoms with van der Waals surface area (Å²) in [5.41, 5.74) is 1.03. The molecule has 0 unspecified atom stereocenters. The van der Waals surface area contributed by atoms with Gasteiger partial charge in [0, 0.05) is 44.2 Å². The van der Waals surface area contributed by atoms with Crippen molar-refractivity contribution in [3.8, 4) is 11.5 Å². The van der Waals surface area contributed by atoms with Crippen LogP contribution in [-0.4, -0.2) is 79.3 Å². The Labute approximate surface area is 214 Å². The predicted molar refractivity (Wildman–Crippen MR) is 135 cm³/mol. The Morgan fingerprint density at radius 1 is 1.08 bits per heavy atom. The molecule has 0 aliphatic carbocycles. The van der Waals surface area contributed by atoms with Crippen molar-refractivity contribution >= 4 is 5.91 Å². The highest BCUT2D eigenvalue weighted by Crippen LogP contribution is 2.43. The first-order valence-electron chi connectivity index (χ1n) is 13.7. The van der Waals surface area contributed by atoms with E-state index in [0.29, 0.717) is 30.6 Å². The second-order valence-corrected chi connectivity index (χ2v) is 10.3. The summed E-state index contributed by atoms with van der Waals surface area (Å²) in [7, 11) is 0. The topological polar surface area (TPSA) is 80.7 Å². The van der Waals surface area contributed by atoms with Gasteiger partial charge in [-0.15, -0.1) is 0 Å². The van der Waals surface area contributed by atoms with Crippen molar-refractivity contribution < 1.29 is 28.8 Å². The van der Waals surface area contributed by atoms with Crippen LogP contribution in [0.2, 0.25) is 0 Å². The largest absolute Gasteiger partial charge is 0.459 e. The van der Waals surface area contributed by atoms with Gasteiger partial charge in [0.1, 0.15) is 0 Å². The Hall–Kier alpha value is -2.29. The van der Waals surface area contributed by atoms with E-state index in [0.717, 1.165) is 43.7 Å². The maximum atomic E-state index is 13.6. The molecule has 1 amide bonds. The van der Waals surface area contributed by atoms with Crippen LogP contribution in [0.1, 0.15) is 63.4 Å². The zero-order valence-electron chi connectivity index (χ0n) is 21.4. The Bertz CT molecular complexity index is 923. The van der Waals surface area contributed by atoms with E-state index in [1.807, 2.05) is 36.1 Å². The number of allylic oxidation sites excluding steroid dienone is 1. The zero-order chi connectivity index (χ0) is 24.9. The molecule has 1 N–H and O–H groups in total. The lowest BCUT2D eigenvalue weighted by Gasteiger charge is -2.41. The summed E-state index contributed by atoms with van der Waals surface area (Å²) >= 11 is 0. The van der Waals surface area contributed by atoms with Crippen LogP contribution >= 0.6 is 0 Å². The second-order valence-electron chi connectivity index (χ2n) is 10.3. The molecule has 0 radical (unpaired) electrons. The highest BCUT2D eigenvalue weighted by atomic mass is 16.7. The molecule has 8 heteroatoms. The Morgan fingerprint density at radius 2 is 1.86 bits per heavy atom. The summed E-state index contributed by atoms with van der Waals surface area (Å²) in [5.74, 6) is 1.64. The molecule has 198 valence electrons. The molecule has 8 nitrogen and oxygen atoms in total. The van der Waals surface area contributed by atoms with E-state index in [2.05, 4.69) is 4.90 Å². The summed E-state index contributed by atoms with van der Waals surface area (Å²) in [4.78, 5) is 18.2. The minimum atomic E-state index is -0.549. The molecule has 0 aromatic heterocycles. The van der Waals surface area contributed by atoms with Crippen LogP contribution in [0.5, 0.6) is 11.5 Å². The highest BCUT2D eigenvalue weighted by Gasteiger charge is 2.40. The molecule has 4 aliphatic heterocycles. The number of aliphatic hydroxyl groups is 1. The number of carbonyl (C=O) groups excluding carboxylic acids is 1. The van der Waals surface area contributed by atoms with Gasteiger partial charge in [-0.1, -0.05) is 12.5 Å². The fourth-order valence-electron chi connectivity index (χ4n) is 6.13. The third-order valence-corrected chi connectivity index (χ3v) is 8.06. The monoisotopic (exact) mass is 500 g/mol. The molecule has 2 saturated heterocycles. The van der Waals surface area contributed by atoms with Crippen molar-refractivity contribution in [2.75, 3.05) is 46.2 Å². The van der Waals surface area contributed by atoms with Gasteiger partial charge in [-0.3, -0.25) is 4.79 Å². The number of hydrogen-bond acceptors (Lipinski definition) is 7. The average Bonchev–Trinajstić information content (AvgIpc) is 3.40. The predicted octanol–water partition coefficient (Wildman–Crippen LogP) is 3.64. The number of ether oxygens (including phenoxy) is 4. The van der Waals surface area contributed by atoms with E-state index in [9.17, 15) is 9.90 Å². The number of piperidine rings is 2. The van der Waals surface area contributed by atoms with Crippen LogP contribution < -0.4 is 9.47 Å². The number of likely N-dealkylation sites (tertiary alicyclic amines) is 2. The van der Waals surface area contributed by atoms with Crippen LogP contribution in [0.4, 0.5) is 0 Å². The highest BCUT2D eigenvalue weighted by molar-refractivity contribution is 5.92. The second kappa shape index (κ2) is 11.8. The normalized spacial score (nSPS) is 27.0. The zero-order valence-corrected chi connectivity index (χ0v) is 21.4. The third kappa shape index (κ3) is 5.50. The van der Waals surface area contributed by atoms with Gasteiger partial charge in [-0.2, -0.15) is 0 Å². The minimum absolute atomic E-state index is 0.0288.